The van der Waals surface area contributed by atoms with Crippen LogP contribution in [0.2, 0.25) is 5.15 Å². The van der Waals surface area contributed by atoms with E-state index in [4.69, 9.17) is 11.6 Å². The molecule has 0 saturated carbocycles. The number of thiophene rings is 1. The van der Waals surface area contributed by atoms with Gasteiger partial charge in [-0.2, -0.15) is 0 Å². The third kappa shape index (κ3) is 3.21. The topological polar surface area (TPSA) is 72.0 Å². The Morgan fingerprint density at radius 1 is 1.28 bits per heavy atom. The highest BCUT2D eigenvalue weighted by Crippen LogP contribution is 2.35. The van der Waals surface area contributed by atoms with Gasteiger partial charge in [0.2, 0.25) is 0 Å². The van der Waals surface area contributed by atoms with Crippen molar-refractivity contribution in [2.45, 2.75) is 4.90 Å². The molecule has 2 aromatic heterocycles. The number of rotatable bonds is 3. The van der Waals surface area contributed by atoms with E-state index in [-0.39, 0.29) is 15.9 Å². The van der Waals surface area contributed by atoms with Crippen LogP contribution in [0.5, 0.6) is 0 Å². The summed E-state index contributed by atoms with van der Waals surface area (Å²) in [5, 5.41) is 0.192. The third-order valence-corrected chi connectivity index (χ3v) is 6.08. The second-order valence-electron chi connectivity index (χ2n) is 3.02. The van der Waals surface area contributed by atoms with Crippen LogP contribution in [0.25, 0.3) is 0 Å². The molecule has 0 amide bonds. The highest BCUT2D eigenvalue weighted by molar-refractivity contribution is 9.12. The molecular weight excluding hydrogens is 430 g/mol. The predicted octanol–water partition coefficient (Wildman–Crippen LogP) is 3.52. The van der Waals surface area contributed by atoms with Gasteiger partial charge in [-0.05, 0) is 37.9 Å². The normalized spacial score (nSPS) is 11.5. The maximum atomic E-state index is 12.1. The molecule has 0 radical (unpaired) electrons. The molecule has 0 bridgehead atoms. The van der Waals surface area contributed by atoms with Gasteiger partial charge in [0.1, 0.15) is 10.0 Å². The molecule has 0 saturated heterocycles. The molecule has 0 aliphatic carbocycles. The van der Waals surface area contributed by atoms with Crippen LogP contribution in [0.3, 0.4) is 0 Å². The summed E-state index contributed by atoms with van der Waals surface area (Å²) in [6.07, 6.45) is 2.51. The average molecular weight is 434 g/mol. The van der Waals surface area contributed by atoms with Crippen LogP contribution in [-0.2, 0) is 10.0 Å². The first-order chi connectivity index (χ1) is 8.38. The molecule has 2 aromatic rings. The van der Waals surface area contributed by atoms with Crippen molar-refractivity contribution in [1.29, 1.82) is 0 Å². The quantitative estimate of drug-likeness (QED) is 0.804. The summed E-state index contributed by atoms with van der Waals surface area (Å²) in [7, 11) is -3.70. The summed E-state index contributed by atoms with van der Waals surface area (Å²) >= 11 is 13.2. The molecule has 2 heterocycles. The van der Waals surface area contributed by atoms with Crippen molar-refractivity contribution in [1.82, 2.24) is 9.97 Å². The minimum Gasteiger partial charge on any atom is -0.262 e. The van der Waals surface area contributed by atoms with Crippen LogP contribution >= 0.6 is 54.8 Å². The molecule has 2 rings (SSSR count). The van der Waals surface area contributed by atoms with Gasteiger partial charge in [-0.15, -0.1) is 11.3 Å². The molecule has 0 unspecified atom stereocenters. The lowest BCUT2D eigenvalue weighted by molar-refractivity contribution is 0.601. The maximum absolute atomic E-state index is 12.1. The predicted molar refractivity (Wildman–Crippen MR) is 77.6 cm³/mol. The van der Waals surface area contributed by atoms with Crippen LogP contribution in [0.4, 0.5) is 5.82 Å². The smallest absolute Gasteiger partial charge is 0.262 e. The van der Waals surface area contributed by atoms with Crippen LogP contribution < -0.4 is 4.72 Å². The number of nitrogens with zero attached hydrogens (tertiary/aromatic N) is 2. The van der Waals surface area contributed by atoms with Crippen molar-refractivity contribution in [3.63, 3.8) is 0 Å². The summed E-state index contributed by atoms with van der Waals surface area (Å²) in [6, 6.07) is 1.50. The number of nitrogens with one attached hydrogen (secondary N) is 1. The van der Waals surface area contributed by atoms with Crippen molar-refractivity contribution in [3.05, 3.63) is 31.2 Å². The summed E-state index contributed by atoms with van der Waals surface area (Å²) in [5.74, 6) is 0.105. The second kappa shape index (κ2) is 5.41. The first-order valence-corrected chi connectivity index (χ1v) is 8.60. The molecule has 0 atom stereocenters. The Hall–Kier alpha value is -0.220. The molecule has 1 N–H and O–H groups in total. The van der Waals surface area contributed by atoms with Gasteiger partial charge in [0.05, 0.1) is 20.0 Å². The first kappa shape index (κ1) is 14.2. The SMILES string of the molecule is O=S(=O)(Nc1cnc(Cl)cn1)c1cc(Br)sc1Br. The average Bonchev–Trinajstić information content (AvgIpc) is 2.62. The number of halogens is 3. The van der Waals surface area contributed by atoms with Crippen LogP contribution in [0.15, 0.2) is 30.9 Å². The van der Waals surface area contributed by atoms with E-state index in [1.54, 1.807) is 0 Å². The molecule has 0 aliphatic rings. The van der Waals surface area contributed by atoms with E-state index < -0.39 is 10.0 Å². The number of aromatic nitrogens is 2. The highest BCUT2D eigenvalue weighted by Gasteiger charge is 2.21. The van der Waals surface area contributed by atoms with Crippen LogP contribution in [0.1, 0.15) is 0 Å². The lowest BCUT2D eigenvalue weighted by Crippen LogP contribution is -2.13. The van der Waals surface area contributed by atoms with E-state index in [1.807, 2.05) is 0 Å². The Bertz CT molecular complexity index is 672. The molecule has 0 aliphatic heterocycles. The summed E-state index contributed by atoms with van der Waals surface area (Å²) in [4.78, 5) is 7.69. The minimum atomic E-state index is -3.70. The monoisotopic (exact) mass is 431 g/mol. The van der Waals surface area contributed by atoms with Crippen LogP contribution in [-0.4, -0.2) is 18.4 Å². The van der Waals surface area contributed by atoms with Crippen molar-refractivity contribution in [2.24, 2.45) is 0 Å². The van der Waals surface area contributed by atoms with Gasteiger partial charge in [0.15, 0.2) is 5.82 Å². The fraction of sp³-hybridized carbons (Fsp3) is 0. The van der Waals surface area contributed by atoms with Crippen molar-refractivity contribution < 1.29 is 8.42 Å². The lowest BCUT2D eigenvalue weighted by Gasteiger charge is -2.05. The Balaban J connectivity index is 2.33. The van der Waals surface area contributed by atoms with E-state index >= 15 is 0 Å². The van der Waals surface area contributed by atoms with Crippen LogP contribution in [0, 0.1) is 0 Å². The van der Waals surface area contributed by atoms with Gasteiger partial charge in [-0.1, -0.05) is 11.6 Å². The lowest BCUT2D eigenvalue weighted by atomic mass is 10.7. The summed E-state index contributed by atoms with van der Waals surface area (Å²) < 4.78 is 27.7. The van der Waals surface area contributed by atoms with E-state index in [0.29, 0.717) is 7.57 Å². The van der Waals surface area contributed by atoms with E-state index in [2.05, 4.69) is 46.5 Å². The Morgan fingerprint density at radius 2 is 2.00 bits per heavy atom. The molecule has 0 spiro atoms. The molecule has 18 heavy (non-hydrogen) atoms. The summed E-state index contributed by atoms with van der Waals surface area (Å²) in [6.45, 7) is 0. The Morgan fingerprint density at radius 3 is 2.50 bits per heavy atom. The zero-order valence-electron chi connectivity index (χ0n) is 8.39. The van der Waals surface area contributed by atoms with Gasteiger partial charge < -0.3 is 0 Å². The number of hydrogen-bond acceptors (Lipinski definition) is 5. The van der Waals surface area contributed by atoms with Crippen molar-refractivity contribution >= 4 is 70.6 Å². The molecular formula is C8H4Br2ClN3O2S2. The van der Waals surface area contributed by atoms with Crippen molar-refractivity contribution in [3.8, 4) is 0 Å². The zero-order chi connectivity index (χ0) is 13.3. The largest absolute Gasteiger partial charge is 0.265 e. The zero-order valence-corrected chi connectivity index (χ0v) is 14.0. The van der Waals surface area contributed by atoms with Gasteiger partial charge in [-0.25, -0.2) is 18.4 Å². The molecule has 10 heteroatoms. The first-order valence-electron chi connectivity index (χ1n) is 4.34. The molecule has 0 fully saturated rings. The maximum Gasteiger partial charge on any atom is 0.265 e. The van der Waals surface area contributed by atoms with Gasteiger partial charge in [0, 0.05) is 0 Å². The highest BCUT2D eigenvalue weighted by atomic mass is 79.9. The molecule has 0 aromatic carbocycles. The number of sulfonamides is 1. The van der Waals surface area contributed by atoms with Crippen molar-refractivity contribution in [2.75, 3.05) is 4.72 Å². The molecule has 5 nitrogen and oxygen atoms in total. The van der Waals surface area contributed by atoms with Gasteiger partial charge >= 0.3 is 0 Å². The standard InChI is InChI=1S/C8H4Br2ClN3O2S2/c9-5-1-4(8(10)17-5)18(15,16)14-7-3-12-6(11)2-13-7/h1-3H,(H,13,14). The minimum absolute atomic E-state index is 0.105. The van der Waals surface area contributed by atoms with Gasteiger partial charge in [-0.3, -0.25) is 4.72 Å². The Labute approximate surface area is 129 Å². The second-order valence-corrected chi connectivity index (χ2v) is 8.81. The van der Waals surface area contributed by atoms with E-state index in [9.17, 15) is 8.42 Å². The number of anilines is 1. The molecule has 96 valence electrons. The third-order valence-electron chi connectivity index (χ3n) is 1.77. The van der Waals surface area contributed by atoms with E-state index in [1.165, 1.54) is 29.8 Å². The van der Waals surface area contributed by atoms with E-state index in [0.717, 1.165) is 0 Å². The fourth-order valence-electron chi connectivity index (χ4n) is 1.07. The Kier molecular flexibility index (Phi) is 4.27. The summed E-state index contributed by atoms with van der Waals surface area (Å²) in [5.41, 5.74) is 0. The fourth-order valence-corrected chi connectivity index (χ4v) is 5.97. The van der Waals surface area contributed by atoms with Gasteiger partial charge in [0.25, 0.3) is 10.0 Å². The number of hydrogen-bond donors (Lipinski definition) is 1.